The van der Waals surface area contributed by atoms with E-state index in [-0.39, 0.29) is 17.6 Å². The van der Waals surface area contributed by atoms with Crippen LogP contribution in [-0.2, 0) is 16.0 Å². The van der Waals surface area contributed by atoms with Gasteiger partial charge in [0, 0.05) is 36.1 Å². The molecule has 122 valence electrons. The molecule has 4 heteroatoms. The van der Waals surface area contributed by atoms with E-state index >= 15 is 0 Å². The van der Waals surface area contributed by atoms with E-state index < -0.39 is 5.41 Å². The predicted molar refractivity (Wildman–Crippen MR) is 91.0 cm³/mol. The SMILES string of the molecule is CC1CCN2c3cc(Cl)ccc3CC3(C(=O)CCCC3=O)C2C1. The number of fused-ring (bicyclic) bond motifs is 4. The van der Waals surface area contributed by atoms with Crippen molar-refractivity contribution in [2.75, 3.05) is 11.4 Å². The van der Waals surface area contributed by atoms with Crippen molar-refractivity contribution in [2.24, 2.45) is 11.3 Å². The molecule has 0 N–H and O–H groups in total. The Labute approximate surface area is 142 Å². The second-order valence-electron chi connectivity index (χ2n) is 7.46. The van der Waals surface area contributed by atoms with Crippen molar-refractivity contribution < 1.29 is 9.59 Å². The van der Waals surface area contributed by atoms with E-state index in [2.05, 4.69) is 11.8 Å². The molecule has 4 rings (SSSR count). The Morgan fingerprint density at radius 3 is 2.70 bits per heavy atom. The maximum Gasteiger partial charge on any atom is 0.148 e. The molecule has 0 aromatic heterocycles. The number of hydrogen-bond donors (Lipinski definition) is 0. The molecule has 2 atom stereocenters. The van der Waals surface area contributed by atoms with E-state index in [1.54, 1.807) is 0 Å². The molecule has 1 saturated heterocycles. The Kier molecular flexibility index (Phi) is 3.53. The summed E-state index contributed by atoms with van der Waals surface area (Å²) in [5, 5.41) is 0.721. The van der Waals surface area contributed by atoms with Crippen LogP contribution in [0.4, 0.5) is 5.69 Å². The van der Waals surface area contributed by atoms with Gasteiger partial charge in [0.2, 0.25) is 0 Å². The third kappa shape index (κ3) is 2.16. The van der Waals surface area contributed by atoms with Gasteiger partial charge in [-0.1, -0.05) is 24.6 Å². The maximum atomic E-state index is 12.9. The summed E-state index contributed by atoms with van der Waals surface area (Å²) in [7, 11) is 0. The van der Waals surface area contributed by atoms with E-state index in [1.165, 1.54) is 0 Å². The summed E-state index contributed by atoms with van der Waals surface area (Å²) in [6.07, 6.45) is 4.39. The summed E-state index contributed by atoms with van der Waals surface area (Å²) >= 11 is 6.21. The number of Topliss-reactive ketones (excluding diaryl/α,β-unsaturated/α-hetero) is 2. The molecule has 1 aromatic rings. The first-order chi connectivity index (χ1) is 11.0. The number of carbonyl (C=O) groups is 2. The molecule has 2 heterocycles. The smallest absolute Gasteiger partial charge is 0.148 e. The molecule has 2 unspecified atom stereocenters. The Morgan fingerprint density at radius 1 is 1.22 bits per heavy atom. The zero-order valence-electron chi connectivity index (χ0n) is 13.5. The fraction of sp³-hybridized carbons (Fsp3) is 0.579. The number of nitrogens with zero attached hydrogens (tertiary/aromatic N) is 1. The van der Waals surface area contributed by atoms with Crippen molar-refractivity contribution in [3.05, 3.63) is 28.8 Å². The van der Waals surface area contributed by atoms with Gasteiger partial charge in [0.1, 0.15) is 17.0 Å². The average molecular weight is 332 g/mol. The summed E-state index contributed by atoms with van der Waals surface area (Å²) in [4.78, 5) is 28.2. The monoisotopic (exact) mass is 331 g/mol. The molecule has 0 bridgehead atoms. The fourth-order valence-corrected chi connectivity index (χ4v) is 5.02. The van der Waals surface area contributed by atoms with Crippen LogP contribution in [0.15, 0.2) is 18.2 Å². The van der Waals surface area contributed by atoms with E-state index in [0.29, 0.717) is 25.2 Å². The molecular formula is C19H22ClNO2. The Bertz CT molecular complexity index is 668. The van der Waals surface area contributed by atoms with Crippen molar-refractivity contribution in [3.63, 3.8) is 0 Å². The Morgan fingerprint density at radius 2 is 1.96 bits per heavy atom. The number of piperidine rings is 1. The number of carbonyl (C=O) groups excluding carboxylic acids is 2. The second-order valence-corrected chi connectivity index (χ2v) is 7.90. The van der Waals surface area contributed by atoms with Crippen molar-refractivity contribution in [1.29, 1.82) is 0 Å². The average Bonchev–Trinajstić information content (AvgIpc) is 2.52. The molecule has 3 nitrogen and oxygen atoms in total. The van der Waals surface area contributed by atoms with Crippen LogP contribution in [0, 0.1) is 11.3 Å². The van der Waals surface area contributed by atoms with Gasteiger partial charge in [0.25, 0.3) is 0 Å². The number of halogens is 1. The highest BCUT2D eigenvalue weighted by Crippen LogP contribution is 2.50. The topological polar surface area (TPSA) is 37.4 Å². The van der Waals surface area contributed by atoms with Gasteiger partial charge >= 0.3 is 0 Å². The van der Waals surface area contributed by atoms with Gasteiger partial charge in [0.15, 0.2) is 0 Å². The molecule has 1 saturated carbocycles. The summed E-state index contributed by atoms with van der Waals surface area (Å²) in [5.41, 5.74) is 1.42. The first-order valence-corrected chi connectivity index (χ1v) is 9.02. The van der Waals surface area contributed by atoms with Gasteiger partial charge < -0.3 is 4.90 Å². The highest BCUT2D eigenvalue weighted by atomic mass is 35.5. The lowest BCUT2D eigenvalue weighted by Crippen LogP contribution is -2.63. The normalized spacial score (nSPS) is 29.4. The fourth-order valence-electron chi connectivity index (χ4n) is 4.85. The van der Waals surface area contributed by atoms with E-state index in [0.717, 1.165) is 42.1 Å². The molecule has 1 spiro atoms. The lowest BCUT2D eigenvalue weighted by molar-refractivity contribution is -0.146. The molecule has 0 radical (unpaired) electrons. The van der Waals surface area contributed by atoms with Gasteiger partial charge in [-0.05, 0) is 49.3 Å². The minimum absolute atomic E-state index is 0.0116. The van der Waals surface area contributed by atoms with Crippen LogP contribution >= 0.6 is 11.6 Å². The van der Waals surface area contributed by atoms with Crippen LogP contribution in [0.25, 0.3) is 0 Å². The minimum atomic E-state index is -0.812. The zero-order valence-corrected chi connectivity index (χ0v) is 14.2. The van der Waals surface area contributed by atoms with Crippen LogP contribution in [0.3, 0.4) is 0 Å². The third-order valence-corrected chi connectivity index (χ3v) is 6.30. The van der Waals surface area contributed by atoms with Crippen molar-refractivity contribution >= 4 is 28.9 Å². The Hall–Kier alpha value is -1.35. The minimum Gasteiger partial charge on any atom is -0.367 e. The first-order valence-electron chi connectivity index (χ1n) is 8.64. The highest BCUT2D eigenvalue weighted by Gasteiger charge is 2.57. The molecule has 1 aliphatic carbocycles. The first kappa shape index (κ1) is 15.2. The second kappa shape index (κ2) is 5.34. The number of rotatable bonds is 0. The van der Waals surface area contributed by atoms with Crippen LogP contribution in [0.1, 0.15) is 44.6 Å². The van der Waals surface area contributed by atoms with Crippen LogP contribution in [-0.4, -0.2) is 24.2 Å². The van der Waals surface area contributed by atoms with Gasteiger partial charge in [-0.25, -0.2) is 0 Å². The lowest BCUT2D eigenvalue weighted by atomic mass is 9.59. The summed E-state index contributed by atoms with van der Waals surface area (Å²) < 4.78 is 0. The van der Waals surface area contributed by atoms with E-state index in [1.807, 2.05) is 18.2 Å². The van der Waals surface area contributed by atoms with E-state index in [9.17, 15) is 9.59 Å². The number of hydrogen-bond acceptors (Lipinski definition) is 3. The molecule has 3 aliphatic rings. The lowest BCUT2D eigenvalue weighted by Gasteiger charge is -2.54. The number of anilines is 1. The van der Waals surface area contributed by atoms with Crippen LogP contribution in [0.5, 0.6) is 0 Å². The maximum absolute atomic E-state index is 12.9. The molecule has 2 fully saturated rings. The summed E-state index contributed by atoms with van der Waals surface area (Å²) in [6, 6.07) is 5.89. The molecule has 23 heavy (non-hydrogen) atoms. The predicted octanol–water partition coefficient (Wildman–Crippen LogP) is 3.81. The summed E-state index contributed by atoms with van der Waals surface area (Å²) in [6.45, 7) is 3.14. The largest absolute Gasteiger partial charge is 0.367 e. The quantitative estimate of drug-likeness (QED) is 0.678. The van der Waals surface area contributed by atoms with Gasteiger partial charge in [-0.3, -0.25) is 9.59 Å². The van der Waals surface area contributed by atoms with Gasteiger partial charge in [-0.2, -0.15) is 0 Å². The number of benzene rings is 1. The van der Waals surface area contributed by atoms with E-state index in [4.69, 9.17) is 11.6 Å². The number of ketones is 2. The van der Waals surface area contributed by atoms with Gasteiger partial charge in [-0.15, -0.1) is 0 Å². The molecule has 2 aliphatic heterocycles. The Balaban J connectivity index is 1.88. The van der Waals surface area contributed by atoms with Crippen LogP contribution < -0.4 is 4.90 Å². The van der Waals surface area contributed by atoms with Crippen molar-refractivity contribution in [3.8, 4) is 0 Å². The molecule has 1 aromatic carbocycles. The van der Waals surface area contributed by atoms with Crippen molar-refractivity contribution in [1.82, 2.24) is 0 Å². The zero-order chi connectivity index (χ0) is 16.2. The molecule has 0 amide bonds. The molecular weight excluding hydrogens is 310 g/mol. The van der Waals surface area contributed by atoms with Crippen LogP contribution in [0.2, 0.25) is 5.02 Å². The highest BCUT2D eigenvalue weighted by molar-refractivity contribution is 6.31. The van der Waals surface area contributed by atoms with Gasteiger partial charge in [0.05, 0.1) is 0 Å². The standard InChI is InChI=1S/C19H22ClNO2/c1-12-7-8-21-15-10-14(20)6-5-13(15)11-19(16(21)9-12)17(22)3-2-4-18(19)23/h5-6,10,12,16H,2-4,7-9,11H2,1H3. The van der Waals surface area contributed by atoms with Crippen molar-refractivity contribution in [2.45, 2.75) is 51.5 Å². The summed E-state index contributed by atoms with van der Waals surface area (Å²) in [5.74, 6) is 0.883. The third-order valence-electron chi connectivity index (χ3n) is 6.06.